The van der Waals surface area contributed by atoms with E-state index in [1.807, 2.05) is 48.5 Å². The highest BCUT2D eigenvalue weighted by atomic mass is 16.5. The molecule has 126 valence electrons. The monoisotopic (exact) mass is 325 g/mol. The van der Waals surface area contributed by atoms with E-state index in [9.17, 15) is 9.59 Å². The van der Waals surface area contributed by atoms with Crippen molar-refractivity contribution in [3.05, 3.63) is 71.8 Å². The number of rotatable bonds is 8. The third-order valence-electron chi connectivity index (χ3n) is 3.98. The molecule has 4 nitrogen and oxygen atoms in total. The average Bonchev–Trinajstić information content (AvgIpc) is 2.65. The maximum Gasteiger partial charge on any atom is 0.305 e. The van der Waals surface area contributed by atoms with Gasteiger partial charge in [0.05, 0.1) is 0 Å². The first kappa shape index (κ1) is 17.9. The lowest BCUT2D eigenvalue weighted by molar-refractivity contribution is -0.149. The second-order valence-electron chi connectivity index (χ2n) is 5.63. The fourth-order valence-electron chi connectivity index (χ4n) is 2.65. The van der Waals surface area contributed by atoms with Gasteiger partial charge in [0.15, 0.2) is 5.78 Å². The molecule has 2 N–H and O–H groups in total. The van der Waals surface area contributed by atoms with Crippen molar-refractivity contribution in [1.82, 2.24) is 0 Å². The Morgan fingerprint density at radius 1 is 1.00 bits per heavy atom. The minimum atomic E-state index is -0.521. The Hall–Kier alpha value is -2.46. The molecule has 0 bridgehead atoms. The smallest absolute Gasteiger partial charge is 0.305 e. The van der Waals surface area contributed by atoms with Gasteiger partial charge in [0.25, 0.3) is 0 Å². The highest BCUT2D eigenvalue weighted by molar-refractivity contribution is 5.96. The molecule has 0 aliphatic rings. The molecule has 0 aromatic heterocycles. The van der Waals surface area contributed by atoms with Crippen LogP contribution in [0.2, 0.25) is 0 Å². The second-order valence-corrected chi connectivity index (χ2v) is 5.63. The summed E-state index contributed by atoms with van der Waals surface area (Å²) in [5, 5.41) is 0. The van der Waals surface area contributed by atoms with Crippen LogP contribution >= 0.6 is 0 Å². The molecule has 2 aromatic rings. The van der Waals surface area contributed by atoms with Gasteiger partial charge in [-0.1, -0.05) is 67.6 Å². The first-order valence-corrected chi connectivity index (χ1v) is 8.18. The third-order valence-corrected chi connectivity index (χ3v) is 3.98. The van der Waals surface area contributed by atoms with Crippen LogP contribution in [0, 0.1) is 0 Å². The van der Waals surface area contributed by atoms with Gasteiger partial charge < -0.3 is 10.5 Å². The number of nitrogens with two attached hydrogens (primary N) is 1. The molecule has 0 fully saturated rings. The van der Waals surface area contributed by atoms with Gasteiger partial charge in [0.1, 0.15) is 6.10 Å². The summed E-state index contributed by atoms with van der Waals surface area (Å²) in [7, 11) is 0. The summed E-state index contributed by atoms with van der Waals surface area (Å²) in [4.78, 5) is 24.3. The molecular formula is C20H23NO3. The van der Waals surface area contributed by atoms with Gasteiger partial charge in [-0.15, -0.1) is 0 Å². The van der Waals surface area contributed by atoms with Crippen molar-refractivity contribution in [3.8, 4) is 0 Å². The molecule has 2 aromatic carbocycles. The van der Waals surface area contributed by atoms with Crippen molar-refractivity contribution in [2.45, 2.75) is 31.8 Å². The molecule has 0 unspecified atom stereocenters. The van der Waals surface area contributed by atoms with E-state index in [4.69, 9.17) is 10.5 Å². The van der Waals surface area contributed by atoms with E-state index >= 15 is 0 Å². The standard InChI is InChI=1S/C20H23NO3/c1-2-20(23)24-19(14-21)17(15-9-5-3-6-10-15)13-18(22)16-11-7-4-8-12-16/h3-12,17,19H,2,13-14,21H2,1H3/t17-,19-/m0/s1. The quantitative estimate of drug-likeness (QED) is 0.597. The Labute approximate surface area is 142 Å². The third kappa shape index (κ3) is 4.77. The average molecular weight is 325 g/mol. The summed E-state index contributed by atoms with van der Waals surface area (Å²) < 4.78 is 5.49. The lowest BCUT2D eigenvalue weighted by atomic mass is 9.87. The van der Waals surface area contributed by atoms with Gasteiger partial charge in [-0.3, -0.25) is 9.59 Å². The summed E-state index contributed by atoms with van der Waals surface area (Å²) in [5.41, 5.74) is 7.43. The number of Topliss-reactive ketones (excluding diaryl/α,β-unsaturated/α-hetero) is 1. The van der Waals surface area contributed by atoms with Crippen LogP contribution < -0.4 is 5.73 Å². The van der Waals surface area contributed by atoms with Crippen molar-refractivity contribution in [2.75, 3.05) is 6.54 Å². The summed E-state index contributed by atoms with van der Waals surface area (Å²) in [5.74, 6) is -0.562. The number of ketones is 1. The van der Waals surface area contributed by atoms with Crippen LogP contribution in [0.15, 0.2) is 60.7 Å². The van der Waals surface area contributed by atoms with Gasteiger partial charge in [-0.25, -0.2) is 0 Å². The summed E-state index contributed by atoms with van der Waals surface area (Å²) in [6.07, 6.45) is 0.00450. The predicted molar refractivity (Wildman–Crippen MR) is 93.8 cm³/mol. The Morgan fingerprint density at radius 2 is 1.58 bits per heavy atom. The maximum absolute atomic E-state index is 12.6. The molecule has 0 spiro atoms. The van der Waals surface area contributed by atoms with E-state index in [1.165, 1.54) is 0 Å². The van der Waals surface area contributed by atoms with Crippen molar-refractivity contribution in [3.63, 3.8) is 0 Å². The molecule has 24 heavy (non-hydrogen) atoms. The lowest BCUT2D eigenvalue weighted by Gasteiger charge is -2.26. The highest BCUT2D eigenvalue weighted by Crippen LogP contribution is 2.27. The van der Waals surface area contributed by atoms with Gasteiger partial charge in [-0.05, 0) is 5.56 Å². The Kier molecular flexibility index (Phi) is 6.70. The molecule has 2 atom stereocenters. The molecule has 0 radical (unpaired) electrons. The van der Waals surface area contributed by atoms with E-state index in [1.54, 1.807) is 19.1 Å². The number of carbonyl (C=O) groups excluding carboxylic acids is 2. The first-order chi connectivity index (χ1) is 11.7. The number of carbonyl (C=O) groups is 2. The first-order valence-electron chi connectivity index (χ1n) is 8.18. The van der Waals surface area contributed by atoms with Crippen molar-refractivity contribution >= 4 is 11.8 Å². The lowest BCUT2D eigenvalue weighted by Crippen LogP contribution is -2.34. The number of benzene rings is 2. The van der Waals surface area contributed by atoms with Crippen LogP contribution in [0.4, 0.5) is 0 Å². The van der Waals surface area contributed by atoms with E-state index in [0.717, 1.165) is 5.56 Å². The van der Waals surface area contributed by atoms with Gasteiger partial charge >= 0.3 is 5.97 Å². The molecule has 0 heterocycles. The molecular weight excluding hydrogens is 302 g/mol. The molecule has 0 amide bonds. The van der Waals surface area contributed by atoms with Crippen LogP contribution in [0.25, 0.3) is 0 Å². The van der Waals surface area contributed by atoms with Gasteiger partial charge in [0.2, 0.25) is 0 Å². The van der Waals surface area contributed by atoms with E-state index in [2.05, 4.69) is 0 Å². The molecule has 0 saturated heterocycles. The topological polar surface area (TPSA) is 69.4 Å². The molecule has 4 heteroatoms. The fraction of sp³-hybridized carbons (Fsp3) is 0.300. The van der Waals surface area contributed by atoms with E-state index in [-0.39, 0.29) is 37.1 Å². The molecule has 2 rings (SSSR count). The van der Waals surface area contributed by atoms with Gasteiger partial charge in [-0.2, -0.15) is 0 Å². The summed E-state index contributed by atoms with van der Waals surface area (Å²) in [6.45, 7) is 1.91. The highest BCUT2D eigenvalue weighted by Gasteiger charge is 2.28. The summed E-state index contributed by atoms with van der Waals surface area (Å²) >= 11 is 0. The van der Waals surface area contributed by atoms with Crippen LogP contribution in [0.3, 0.4) is 0 Å². The number of hydrogen-bond donors (Lipinski definition) is 1. The number of ether oxygens (including phenoxy) is 1. The predicted octanol–water partition coefficient (Wildman–Crippen LogP) is 3.32. The van der Waals surface area contributed by atoms with Crippen molar-refractivity contribution < 1.29 is 14.3 Å². The molecule has 0 aliphatic carbocycles. The van der Waals surface area contributed by atoms with Crippen LogP contribution in [-0.4, -0.2) is 24.4 Å². The minimum Gasteiger partial charge on any atom is -0.460 e. The zero-order chi connectivity index (χ0) is 17.4. The Balaban J connectivity index is 2.25. The van der Waals surface area contributed by atoms with Crippen LogP contribution in [0.1, 0.15) is 41.6 Å². The zero-order valence-electron chi connectivity index (χ0n) is 13.9. The zero-order valence-corrected chi connectivity index (χ0v) is 13.9. The maximum atomic E-state index is 12.6. The molecule has 0 aliphatic heterocycles. The number of hydrogen-bond acceptors (Lipinski definition) is 4. The number of esters is 1. The second kappa shape index (κ2) is 8.99. The minimum absolute atomic E-state index is 0.00968. The Morgan fingerprint density at radius 3 is 2.12 bits per heavy atom. The Bertz CT molecular complexity index is 655. The van der Waals surface area contributed by atoms with E-state index in [0.29, 0.717) is 5.56 Å². The van der Waals surface area contributed by atoms with Crippen LogP contribution in [-0.2, 0) is 9.53 Å². The summed E-state index contributed by atoms with van der Waals surface area (Å²) in [6, 6.07) is 18.7. The fourth-order valence-corrected chi connectivity index (χ4v) is 2.65. The van der Waals surface area contributed by atoms with Gasteiger partial charge in [0, 0.05) is 30.9 Å². The van der Waals surface area contributed by atoms with Crippen LogP contribution in [0.5, 0.6) is 0 Å². The van der Waals surface area contributed by atoms with Crippen molar-refractivity contribution in [1.29, 1.82) is 0 Å². The SMILES string of the molecule is CCC(=O)O[C@@H](CN)[C@@H](CC(=O)c1ccccc1)c1ccccc1. The van der Waals surface area contributed by atoms with E-state index < -0.39 is 6.10 Å². The normalized spacial score (nSPS) is 13.1. The molecule has 0 saturated carbocycles. The van der Waals surface area contributed by atoms with Crippen molar-refractivity contribution in [2.24, 2.45) is 5.73 Å². The largest absolute Gasteiger partial charge is 0.460 e.